The Morgan fingerprint density at radius 1 is 0.941 bits per heavy atom. The molecule has 3 aromatic rings. The summed E-state index contributed by atoms with van der Waals surface area (Å²) in [7, 11) is 0. The van der Waals surface area contributed by atoms with Crippen LogP contribution in [0.15, 0.2) is 30.3 Å². The van der Waals surface area contributed by atoms with Gasteiger partial charge in [0, 0.05) is 18.0 Å². The van der Waals surface area contributed by atoms with Crippen molar-refractivity contribution in [1.82, 2.24) is 14.5 Å². The number of hydrogen-bond acceptors (Lipinski definition) is 6. The summed E-state index contributed by atoms with van der Waals surface area (Å²) < 4.78 is 12.6. The highest BCUT2D eigenvalue weighted by atomic mass is 16.6. The maximum atomic E-state index is 12.6. The Labute approximate surface area is 201 Å². The molecule has 0 aliphatic heterocycles. The fourth-order valence-corrected chi connectivity index (χ4v) is 4.49. The largest absolute Gasteiger partial charge is 0.465 e. The Balaban J connectivity index is 1.92. The second-order valence-corrected chi connectivity index (χ2v) is 8.46. The van der Waals surface area contributed by atoms with Crippen molar-refractivity contribution in [2.75, 3.05) is 13.2 Å². The Kier molecular flexibility index (Phi) is 8.42. The van der Waals surface area contributed by atoms with Gasteiger partial charge in [0.25, 0.3) is 0 Å². The Hall–Kier alpha value is -3.22. The number of ether oxygens (including phenoxy) is 2. The first-order valence-electron chi connectivity index (χ1n) is 12.1. The molecule has 2 heterocycles. The summed E-state index contributed by atoms with van der Waals surface area (Å²) in [4.78, 5) is 34.8. The van der Waals surface area contributed by atoms with Crippen LogP contribution in [0.3, 0.4) is 0 Å². The summed E-state index contributed by atoms with van der Waals surface area (Å²) in [5.74, 6) is -1.37. The number of imidazole rings is 1. The number of aromatic nitrogens is 3. The third-order valence-corrected chi connectivity index (χ3v) is 6.09. The van der Waals surface area contributed by atoms with Crippen LogP contribution in [-0.2, 0) is 32.0 Å². The smallest absolute Gasteiger partial charge is 0.320 e. The molecule has 182 valence electrons. The molecule has 2 aromatic heterocycles. The molecule has 0 aliphatic rings. The van der Waals surface area contributed by atoms with Crippen molar-refractivity contribution in [2.45, 2.75) is 66.8 Å². The minimum atomic E-state index is -0.977. The van der Waals surface area contributed by atoms with Crippen LogP contribution in [0.1, 0.15) is 68.2 Å². The van der Waals surface area contributed by atoms with E-state index in [-0.39, 0.29) is 19.1 Å². The minimum Gasteiger partial charge on any atom is -0.465 e. The quantitative estimate of drug-likeness (QED) is 0.313. The summed E-state index contributed by atoms with van der Waals surface area (Å²) in [6, 6.07) is 10.1. The third-order valence-electron chi connectivity index (χ3n) is 6.09. The Morgan fingerprint density at radius 3 is 2.09 bits per heavy atom. The van der Waals surface area contributed by atoms with E-state index < -0.39 is 17.9 Å². The van der Waals surface area contributed by atoms with E-state index in [0.29, 0.717) is 13.0 Å². The molecule has 1 aromatic carbocycles. The molecule has 0 saturated heterocycles. The third kappa shape index (κ3) is 5.29. The van der Waals surface area contributed by atoms with E-state index >= 15 is 0 Å². The number of benzene rings is 1. The topological polar surface area (TPSA) is 83.3 Å². The lowest BCUT2D eigenvalue weighted by Gasteiger charge is -2.23. The van der Waals surface area contributed by atoms with Crippen molar-refractivity contribution < 1.29 is 19.1 Å². The molecular formula is C27H35N3O4. The van der Waals surface area contributed by atoms with Crippen molar-refractivity contribution in [3.05, 3.63) is 58.5 Å². The highest BCUT2D eigenvalue weighted by Gasteiger charge is 2.37. The highest BCUT2D eigenvalue weighted by molar-refractivity contribution is 5.96. The first-order chi connectivity index (χ1) is 16.3. The lowest BCUT2D eigenvalue weighted by Crippen LogP contribution is -2.33. The standard InChI is InChI=1S/C27H35N3O4/c1-7-21(23(26(31)33-9-3)27(32)34-10-4)20-13-11-19(12-14-20)16-30-22(8-2)29-24-17(5)15-18(6)28-25(24)30/h11-15,21,23H,7-10,16H2,1-6H3. The van der Waals surface area contributed by atoms with E-state index in [4.69, 9.17) is 19.4 Å². The van der Waals surface area contributed by atoms with Crippen LogP contribution in [-0.4, -0.2) is 39.7 Å². The fourth-order valence-electron chi connectivity index (χ4n) is 4.49. The summed E-state index contributed by atoms with van der Waals surface area (Å²) in [5, 5.41) is 0. The van der Waals surface area contributed by atoms with Gasteiger partial charge in [-0.1, -0.05) is 38.1 Å². The molecule has 34 heavy (non-hydrogen) atoms. The predicted octanol–water partition coefficient (Wildman–Crippen LogP) is 4.89. The SMILES string of the molecule is CCOC(=O)C(C(=O)OCC)C(CC)c1ccc(Cn2c(CC)nc3c(C)cc(C)nc32)cc1. The summed E-state index contributed by atoms with van der Waals surface area (Å²) in [5.41, 5.74) is 5.94. The van der Waals surface area contributed by atoms with Crippen LogP contribution in [0.5, 0.6) is 0 Å². The predicted molar refractivity (Wildman–Crippen MR) is 132 cm³/mol. The van der Waals surface area contributed by atoms with Crippen LogP contribution < -0.4 is 0 Å². The first kappa shape index (κ1) is 25.4. The molecule has 0 fully saturated rings. The molecule has 0 bridgehead atoms. The lowest BCUT2D eigenvalue weighted by molar-refractivity contribution is -0.162. The number of fused-ring (bicyclic) bond motifs is 1. The average molecular weight is 466 g/mol. The van der Waals surface area contributed by atoms with Gasteiger partial charge < -0.3 is 14.0 Å². The van der Waals surface area contributed by atoms with Crippen molar-refractivity contribution in [1.29, 1.82) is 0 Å². The lowest BCUT2D eigenvalue weighted by atomic mass is 9.83. The van der Waals surface area contributed by atoms with Crippen molar-refractivity contribution in [3.8, 4) is 0 Å². The van der Waals surface area contributed by atoms with Gasteiger partial charge >= 0.3 is 11.9 Å². The van der Waals surface area contributed by atoms with Gasteiger partial charge in [-0.3, -0.25) is 9.59 Å². The first-order valence-corrected chi connectivity index (χ1v) is 12.1. The number of esters is 2. The molecule has 0 N–H and O–H groups in total. The van der Waals surface area contributed by atoms with Crippen LogP contribution >= 0.6 is 0 Å². The van der Waals surface area contributed by atoms with Crippen LogP contribution in [0.25, 0.3) is 11.2 Å². The van der Waals surface area contributed by atoms with Gasteiger partial charge in [0.2, 0.25) is 0 Å². The molecule has 0 aliphatic carbocycles. The van der Waals surface area contributed by atoms with Gasteiger partial charge in [-0.2, -0.15) is 0 Å². The van der Waals surface area contributed by atoms with E-state index in [1.54, 1.807) is 13.8 Å². The van der Waals surface area contributed by atoms with Crippen molar-refractivity contribution in [2.24, 2.45) is 5.92 Å². The molecule has 3 rings (SSSR count). The van der Waals surface area contributed by atoms with Gasteiger partial charge in [0.05, 0.1) is 19.8 Å². The van der Waals surface area contributed by atoms with E-state index in [1.807, 2.05) is 38.1 Å². The van der Waals surface area contributed by atoms with Crippen molar-refractivity contribution >= 4 is 23.1 Å². The molecule has 0 amide bonds. The second-order valence-electron chi connectivity index (χ2n) is 8.46. The minimum absolute atomic E-state index is 0.218. The number of carbonyl (C=O) groups excluding carboxylic acids is 2. The molecule has 7 heteroatoms. The van der Waals surface area contributed by atoms with E-state index in [0.717, 1.165) is 45.8 Å². The monoisotopic (exact) mass is 465 g/mol. The van der Waals surface area contributed by atoms with Crippen molar-refractivity contribution in [3.63, 3.8) is 0 Å². The number of carbonyl (C=O) groups is 2. The molecule has 1 atom stereocenters. The van der Waals surface area contributed by atoms with Gasteiger partial charge in [0.15, 0.2) is 11.6 Å². The Morgan fingerprint density at radius 2 is 1.56 bits per heavy atom. The normalized spacial score (nSPS) is 12.2. The Bertz CT molecular complexity index is 1130. The number of hydrogen-bond donors (Lipinski definition) is 0. The van der Waals surface area contributed by atoms with Gasteiger partial charge in [-0.15, -0.1) is 0 Å². The van der Waals surface area contributed by atoms with E-state index in [9.17, 15) is 9.59 Å². The van der Waals surface area contributed by atoms with E-state index in [1.165, 1.54) is 0 Å². The van der Waals surface area contributed by atoms with Crippen LogP contribution in [0, 0.1) is 19.8 Å². The molecule has 7 nitrogen and oxygen atoms in total. The molecule has 0 spiro atoms. The number of pyridine rings is 1. The summed E-state index contributed by atoms with van der Waals surface area (Å²) in [6.45, 7) is 12.7. The summed E-state index contributed by atoms with van der Waals surface area (Å²) >= 11 is 0. The zero-order valence-electron chi connectivity index (χ0n) is 21.1. The molecule has 0 radical (unpaired) electrons. The maximum Gasteiger partial charge on any atom is 0.320 e. The number of rotatable bonds is 10. The maximum absolute atomic E-state index is 12.6. The number of aryl methyl sites for hydroxylation is 3. The van der Waals surface area contributed by atoms with Gasteiger partial charge in [-0.25, -0.2) is 9.97 Å². The molecular weight excluding hydrogens is 430 g/mol. The van der Waals surface area contributed by atoms with Crippen LogP contribution in [0.2, 0.25) is 0 Å². The van der Waals surface area contributed by atoms with E-state index in [2.05, 4.69) is 24.5 Å². The zero-order chi connectivity index (χ0) is 24.8. The molecule has 1 unspecified atom stereocenters. The zero-order valence-corrected chi connectivity index (χ0v) is 21.1. The fraction of sp³-hybridized carbons (Fsp3) is 0.481. The number of nitrogens with zero attached hydrogens (tertiary/aromatic N) is 3. The second kappa shape index (κ2) is 11.3. The average Bonchev–Trinajstić information content (AvgIpc) is 3.15. The highest BCUT2D eigenvalue weighted by Crippen LogP contribution is 2.31. The van der Waals surface area contributed by atoms with Crippen LogP contribution in [0.4, 0.5) is 0 Å². The molecule has 0 saturated carbocycles. The summed E-state index contributed by atoms with van der Waals surface area (Å²) in [6.07, 6.45) is 1.42. The van der Waals surface area contributed by atoms with Gasteiger partial charge in [-0.05, 0) is 56.9 Å². The van der Waals surface area contributed by atoms with Gasteiger partial charge in [0.1, 0.15) is 11.3 Å².